The van der Waals surface area contributed by atoms with Crippen LogP contribution in [0.2, 0.25) is 0 Å². The van der Waals surface area contributed by atoms with Crippen LogP contribution in [0.5, 0.6) is 0 Å². The molecule has 0 aromatic carbocycles. The quantitative estimate of drug-likeness (QED) is 0.537. The highest BCUT2D eigenvalue weighted by atomic mass is 127. The number of hydrogen-bond acceptors (Lipinski definition) is 2. The standard InChI is InChI=1S/C6H8INO2/c1-2-6(9)8-3-5(4-8)10-7/h2,5H,1,3-4H2. The maximum Gasteiger partial charge on any atom is 0.246 e. The summed E-state index contributed by atoms with van der Waals surface area (Å²) in [5, 5.41) is 0. The average Bonchev–Trinajstić information content (AvgIpc) is 1.85. The van der Waals surface area contributed by atoms with Gasteiger partial charge in [0.05, 0.1) is 13.1 Å². The molecular weight excluding hydrogens is 245 g/mol. The molecule has 3 nitrogen and oxygen atoms in total. The van der Waals surface area contributed by atoms with Crippen LogP contribution in [0.25, 0.3) is 0 Å². The minimum atomic E-state index is -0.00954. The summed E-state index contributed by atoms with van der Waals surface area (Å²) in [5.41, 5.74) is 0. The molecular formula is C6H8INO2. The molecule has 1 aliphatic heterocycles. The van der Waals surface area contributed by atoms with Crippen molar-refractivity contribution in [1.82, 2.24) is 4.90 Å². The number of rotatable bonds is 2. The van der Waals surface area contributed by atoms with Crippen LogP contribution in [0, 0.1) is 0 Å². The van der Waals surface area contributed by atoms with Crippen LogP contribution < -0.4 is 0 Å². The molecule has 1 heterocycles. The van der Waals surface area contributed by atoms with E-state index in [1.54, 1.807) is 4.90 Å². The van der Waals surface area contributed by atoms with Crippen LogP contribution in [0.1, 0.15) is 0 Å². The van der Waals surface area contributed by atoms with Crippen molar-refractivity contribution in [3.8, 4) is 0 Å². The van der Waals surface area contributed by atoms with E-state index in [0.717, 1.165) is 0 Å². The normalized spacial score (nSPS) is 18.3. The highest BCUT2D eigenvalue weighted by Crippen LogP contribution is 2.13. The minimum absolute atomic E-state index is 0.00954. The Morgan fingerprint density at radius 2 is 2.40 bits per heavy atom. The number of carbonyl (C=O) groups is 1. The maximum absolute atomic E-state index is 10.8. The molecule has 0 atom stereocenters. The molecule has 1 fully saturated rings. The van der Waals surface area contributed by atoms with Crippen LogP contribution in [0.4, 0.5) is 0 Å². The van der Waals surface area contributed by atoms with Gasteiger partial charge in [0, 0.05) is 0 Å². The molecule has 1 rings (SSSR count). The van der Waals surface area contributed by atoms with E-state index >= 15 is 0 Å². The molecule has 0 aromatic rings. The first-order valence-electron chi connectivity index (χ1n) is 2.96. The van der Waals surface area contributed by atoms with Gasteiger partial charge in [-0.1, -0.05) is 6.58 Å². The topological polar surface area (TPSA) is 29.5 Å². The van der Waals surface area contributed by atoms with Gasteiger partial charge in [-0.15, -0.1) is 0 Å². The summed E-state index contributed by atoms with van der Waals surface area (Å²) in [6.07, 6.45) is 1.55. The summed E-state index contributed by atoms with van der Waals surface area (Å²) in [7, 11) is 0. The lowest BCUT2D eigenvalue weighted by molar-refractivity contribution is -0.133. The maximum atomic E-state index is 10.8. The number of hydrogen-bond donors (Lipinski definition) is 0. The Bertz CT molecular complexity index is 154. The molecule has 10 heavy (non-hydrogen) atoms. The van der Waals surface area contributed by atoms with Gasteiger partial charge in [-0.05, 0) is 6.08 Å². The Labute approximate surface area is 73.7 Å². The molecule has 1 amide bonds. The van der Waals surface area contributed by atoms with Gasteiger partial charge in [-0.25, -0.2) is 0 Å². The largest absolute Gasteiger partial charge is 0.334 e. The minimum Gasteiger partial charge on any atom is -0.334 e. The van der Waals surface area contributed by atoms with E-state index in [1.807, 2.05) is 23.0 Å². The second-order valence-corrected chi connectivity index (χ2v) is 2.67. The molecule has 0 aliphatic carbocycles. The number of amides is 1. The van der Waals surface area contributed by atoms with Crippen LogP contribution in [0.15, 0.2) is 12.7 Å². The SMILES string of the molecule is C=CC(=O)N1CC(OI)C1. The van der Waals surface area contributed by atoms with Crippen molar-refractivity contribution in [1.29, 1.82) is 0 Å². The fourth-order valence-electron chi connectivity index (χ4n) is 0.804. The third-order valence-corrected chi connectivity index (χ3v) is 2.18. The van der Waals surface area contributed by atoms with E-state index < -0.39 is 0 Å². The van der Waals surface area contributed by atoms with Crippen molar-refractivity contribution < 1.29 is 7.86 Å². The van der Waals surface area contributed by atoms with E-state index in [4.69, 9.17) is 3.07 Å². The molecule has 1 aliphatic rings. The molecule has 4 heteroatoms. The summed E-state index contributed by atoms with van der Waals surface area (Å²) >= 11 is 1.85. The highest BCUT2D eigenvalue weighted by Gasteiger charge is 2.29. The van der Waals surface area contributed by atoms with E-state index in [0.29, 0.717) is 13.1 Å². The number of carbonyl (C=O) groups excluding carboxylic acids is 1. The number of nitrogens with zero attached hydrogens (tertiary/aromatic N) is 1. The number of halogens is 1. The van der Waals surface area contributed by atoms with Crippen LogP contribution >= 0.6 is 23.0 Å². The Kier molecular flexibility index (Phi) is 2.67. The van der Waals surface area contributed by atoms with Crippen molar-refractivity contribution >= 4 is 28.9 Å². The summed E-state index contributed by atoms with van der Waals surface area (Å²) < 4.78 is 4.95. The zero-order valence-corrected chi connectivity index (χ0v) is 7.58. The first-order chi connectivity index (χ1) is 4.77. The van der Waals surface area contributed by atoms with Crippen LogP contribution in [-0.4, -0.2) is 30.0 Å². The van der Waals surface area contributed by atoms with E-state index in [2.05, 4.69) is 6.58 Å². The predicted molar refractivity (Wildman–Crippen MR) is 45.7 cm³/mol. The van der Waals surface area contributed by atoms with Crippen molar-refractivity contribution in [2.45, 2.75) is 6.10 Å². The summed E-state index contributed by atoms with van der Waals surface area (Å²) in [6, 6.07) is 0. The highest BCUT2D eigenvalue weighted by molar-refractivity contribution is 14.1. The third-order valence-electron chi connectivity index (χ3n) is 1.46. The molecule has 0 spiro atoms. The van der Waals surface area contributed by atoms with Gasteiger partial charge in [0.1, 0.15) is 29.1 Å². The molecule has 56 valence electrons. The summed E-state index contributed by atoms with van der Waals surface area (Å²) in [4.78, 5) is 12.5. The van der Waals surface area contributed by atoms with Gasteiger partial charge in [-0.3, -0.25) is 4.79 Å². The van der Waals surface area contributed by atoms with Crippen LogP contribution in [0.3, 0.4) is 0 Å². The fourth-order valence-corrected chi connectivity index (χ4v) is 1.13. The van der Waals surface area contributed by atoms with Crippen molar-refractivity contribution in [3.63, 3.8) is 0 Å². The van der Waals surface area contributed by atoms with Gasteiger partial charge < -0.3 is 7.97 Å². The van der Waals surface area contributed by atoms with Gasteiger partial charge >= 0.3 is 0 Å². The molecule has 0 N–H and O–H groups in total. The molecule has 0 aromatic heterocycles. The Hall–Kier alpha value is -0.100. The summed E-state index contributed by atoms with van der Waals surface area (Å²) in [6.45, 7) is 4.78. The van der Waals surface area contributed by atoms with Gasteiger partial charge in [0.25, 0.3) is 0 Å². The lowest BCUT2D eigenvalue weighted by atomic mass is 10.2. The second kappa shape index (κ2) is 3.34. The first-order valence-corrected chi connectivity index (χ1v) is 3.84. The molecule has 0 radical (unpaired) electrons. The zero-order valence-electron chi connectivity index (χ0n) is 5.42. The van der Waals surface area contributed by atoms with Gasteiger partial charge in [0.15, 0.2) is 0 Å². The number of likely N-dealkylation sites (tertiary alicyclic amines) is 1. The average molecular weight is 253 g/mol. The smallest absolute Gasteiger partial charge is 0.246 e. The molecule has 0 unspecified atom stereocenters. The third kappa shape index (κ3) is 1.49. The first kappa shape index (κ1) is 8.00. The van der Waals surface area contributed by atoms with E-state index in [-0.39, 0.29) is 12.0 Å². The van der Waals surface area contributed by atoms with Crippen molar-refractivity contribution in [2.24, 2.45) is 0 Å². The van der Waals surface area contributed by atoms with Gasteiger partial charge in [-0.2, -0.15) is 0 Å². The monoisotopic (exact) mass is 253 g/mol. The molecule has 0 saturated carbocycles. The van der Waals surface area contributed by atoms with E-state index in [1.165, 1.54) is 6.08 Å². The zero-order chi connectivity index (χ0) is 7.56. The van der Waals surface area contributed by atoms with E-state index in [9.17, 15) is 4.79 Å². The lowest BCUT2D eigenvalue weighted by Gasteiger charge is -2.36. The van der Waals surface area contributed by atoms with Crippen molar-refractivity contribution in [3.05, 3.63) is 12.7 Å². The van der Waals surface area contributed by atoms with Crippen molar-refractivity contribution in [2.75, 3.05) is 13.1 Å². The second-order valence-electron chi connectivity index (χ2n) is 2.16. The lowest BCUT2D eigenvalue weighted by Crippen LogP contribution is -2.53. The molecule has 0 bridgehead atoms. The Morgan fingerprint density at radius 1 is 1.80 bits per heavy atom. The predicted octanol–water partition coefficient (Wildman–Crippen LogP) is 0.750. The fraction of sp³-hybridized carbons (Fsp3) is 0.500. The summed E-state index contributed by atoms with van der Waals surface area (Å²) in [5.74, 6) is -0.00954. The Morgan fingerprint density at radius 3 is 2.80 bits per heavy atom. The van der Waals surface area contributed by atoms with Gasteiger partial charge in [0.2, 0.25) is 5.91 Å². The molecule has 1 saturated heterocycles. The van der Waals surface area contributed by atoms with Crippen LogP contribution in [-0.2, 0) is 7.86 Å². The Balaban J connectivity index is 2.25.